The zero-order valence-electron chi connectivity index (χ0n) is 33.8. The molecule has 1 aromatic heterocycles. The molecule has 0 saturated heterocycles. The fourth-order valence-corrected chi connectivity index (χ4v) is 15.3. The van der Waals surface area contributed by atoms with Gasteiger partial charge in [-0.1, -0.05) is 172 Å². The molecule has 0 bridgehead atoms. The Kier molecular flexibility index (Phi) is 6.33. The lowest BCUT2D eigenvalue weighted by molar-refractivity contribution is 0.593. The molecule has 10 aromatic rings. The van der Waals surface area contributed by atoms with E-state index in [9.17, 15) is 0 Å². The fourth-order valence-electron chi connectivity index (χ4n) is 12.2. The van der Waals surface area contributed by atoms with E-state index in [1.807, 2.05) is 24.3 Å². The highest BCUT2D eigenvalue weighted by molar-refractivity contribution is 7.86. The lowest BCUT2D eigenvalue weighted by Gasteiger charge is -2.39. The van der Waals surface area contributed by atoms with E-state index in [4.69, 9.17) is 0 Å². The molecule has 2 nitrogen and oxygen atoms in total. The van der Waals surface area contributed by atoms with Crippen LogP contribution in [0.2, 0.25) is 0 Å². The van der Waals surface area contributed by atoms with E-state index >= 15 is 4.57 Å². The standard InChI is InChI=1S/C58H38NOP/c1-57(2)46-21-9-6-17-38(46)42-31-35(27-29-47(42)57)36-28-30-48-43(32-36)44-34-55-45(40-19-8-13-26-54(40)61(55,60)37-15-4-3-5-16-37)33-51(44)58(48)49-22-10-12-25-53(49)59-52-24-11-7-18-39(52)41-20-14-23-50(58)56(41)59/h3-34H,1-2H3. The van der Waals surface area contributed by atoms with Crippen LogP contribution in [0.1, 0.15) is 47.2 Å². The van der Waals surface area contributed by atoms with E-state index in [-0.39, 0.29) is 5.41 Å². The van der Waals surface area contributed by atoms with Gasteiger partial charge in [0.15, 0.2) is 7.14 Å². The summed E-state index contributed by atoms with van der Waals surface area (Å²) < 4.78 is 18.6. The number of hydrogen-bond donors (Lipinski definition) is 0. The van der Waals surface area contributed by atoms with Gasteiger partial charge in [0.05, 0.1) is 22.1 Å². The molecule has 2 aliphatic heterocycles. The van der Waals surface area contributed by atoms with Gasteiger partial charge < -0.3 is 9.13 Å². The summed E-state index contributed by atoms with van der Waals surface area (Å²) in [5.41, 5.74) is 20.3. The van der Waals surface area contributed by atoms with Crippen LogP contribution in [0.25, 0.3) is 72.0 Å². The SMILES string of the molecule is CC1(C)c2ccccc2-c2cc(-c3ccc4c(c3)-c3cc5c(cc3C43c4ccccc4-n4c6ccccc6c6cccc3c64)-c3ccccc3P5(=O)c3ccccc3)ccc21. The highest BCUT2D eigenvalue weighted by Gasteiger charge is 2.53. The van der Waals surface area contributed by atoms with Crippen molar-refractivity contribution in [3.63, 3.8) is 0 Å². The van der Waals surface area contributed by atoms with E-state index in [1.54, 1.807) is 0 Å². The molecular weight excluding hydrogens is 758 g/mol. The van der Waals surface area contributed by atoms with Crippen molar-refractivity contribution in [1.29, 1.82) is 0 Å². The first-order valence-electron chi connectivity index (χ1n) is 21.4. The second-order valence-electron chi connectivity index (χ2n) is 17.9. The van der Waals surface area contributed by atoms with Gasteiger partial charge in [0.25, 0.3) is 0 Å². The summed E-state index contributed by atoms with van der Waals surface area (Å²) in [6.45, 7) is 4.69. The van der Waals surface area contributed by atoms with E-state index in [1.165, 1.54) is 88.7 Å². The molecule has 61 heavy (non-hydrogen) atoms. The number of fused-ring (bicyclic) bond motifs is 18. The number of para-hydroxylation sites is 3. The second-order valence-corrected chi connectivity index (χ2v) is 20.6. The van der Waals surface area contributed by atoms with Crippen LogP contribution >= 0.6 is 7.14 Å². The number of benzene rings is 9. The van der Waals surface area contributed by atoms with Crippen molar-refractivity contribution in [1.82, 2.24) is 4.57 Å². The molecule has 0 radical (unpaired) electrons. The molecule has 286 valence electrons. The van der Waals surface area contributed by atoms with Gasteiger partial charge in [0, 0.05) is 32.1 Å². The van der Waals surface area contributed by atoms with Crippen molar-refractivity contribution in [3.8, 4) is 50.2 Å². The third-order valence-corrected chi connectivity index (χ3v) is 18.0. The molecule has 0 fully saturated rings. The average Bonchev–Trinajstić information content (AvgIpc) is 3.96. The number of rotatable bonds is 2. The van der Waals surface area contributed by atoms with E-state index in [0.29, 0.717) is 0 Å². The van der Waals surface area contributed by atoms with Crippen molar-refractivity contribution in [2.45, 2.75) is 24.7 Å². The Hall–Kier alpha value is -6.99. The molecule has 0 saturated carbocycles. The van der Waals surface area contributed by atoms with Gasteiger partial charge in [-0.15, -0.1) is 0 Å². The topological polar surface area (TPSA) is 22.0 Å². The number of hydrogen-bond acceptors (Lipinski definition) is 1. The Bertz CT molecular complexity index is 3660. The van der Waals surface area contributed by atoms with Crippen LogP contribution in [-0.4, -0.2) is 4.57 Å². The van der Waals surface area contributed by atoms with E-state index < -0.39 is 12.6 Å². The average molecular weight is 796 g/mol. The summed E-state index contributed by atoms with van der Waals surface area (Å²) in [7, 11) is -3.21. The summed E-state index contributed by atoms with van der Waals surface area (Å²) in [5, 5.41) is 5.25. The molecule has 3 heteroatoms. The molecule has 14 rings (SSSR count). The van der Waals surface area contributed by atoms with Crippen LogP contribution in [0.15, 0.2) is 194 Å². The van der Waals surface area contributed by atoms with Crippen LogP contribution in [0.4, 0.5) is 0 Å². The van der Waals surface area contributed by atoms with Gasteiger partial charge in [-0.3, -0.25) is 0 Å². The van der Waals surface area contributed by atoms with Crippen molar-refractivity contribution in [2.75, 3.05) is 0 Å². The molecule has 2 unspecified atom stereocenters. The molecule has 0 N–H and O–H groups in total. The molecule has 1 spiro atoms. The third kappa shape index (κ3) is 3.94. The minimum Gasteiger partial charge on any atom is -0.309 e. The Morgan fingerprint density at radius 3 is 1.85 bits per heavy atom. The number of nitrogens with zero attached hydrogens (tertiary/aromatic N) is 1. The molecular formula is C58H38NOP. The lowest BCUT2D eigenvalue weighted by atomic mass is 9.65. The quantitative estimate of drug-likeness (QED) is 0.160. The minimum atomic E-state index is -3.21. The Balaban J connectivity index is 1.11. The highest BCUT2D eigenvalue weighted by atomic mass is 31.2. The van der Waals surface area contributed by atoms with Crippen LogP contribution < -0.4 is 15.9 Å². The first-order valence-corrected chi connectivity index (χ1v) is 23.1. The Morgan fingerprint density at radius 2 is 1.02 bits per heavy atom. The van der Waals surface area contributed by atoms with Gasteiger partial charge in [-0.25, -0.2) is 0 Å². The monoisotopic (exact) mass is 795 g/mol. The first kappa shape index (κ1) is 33.8. The first-order chi connectivity index (χ1) is 29.9. The third-order valence-electron chi connectivity index (χ3n) is 14.8. The van der Waals surface area contributed by atoms with E-state index in [2.05, 4.69) is 188 Å². The molecule has 2 atom stereocenters. The predicted octanol–water partition coefficient (Wildman–Crippen LogP) is 13.1. The molecule has 4 aliphatic rings. The second kappa shape index (κ2) is 11.4. The zero-order valence-corrected chi connectivity index (χ0v) is 34.7. The minimum absolute atomic E-state index is 0.0593. The summed E-state index contributed by atoms with van der Waals surface area (Å²) in [4.78, 5) is 0. The molecule has 9 aromatic carbocycles. The maximum absolute atomic E-state index is 16.1. The summed E-state index contributed by atoms with van der Waals surface area (Å²) in [5.74, 6) is 0. The van der Waals surface area contributed by atoms with Crippen LogP contribution in [-0.2, 0) is 15.4 Å². The highest BCUT2D eigenvalue weighted by Crippen LogP contribution is 2.64. The van der Waals surface area contributed by atoms with Crippen LogP contribution in [0.3, 0.4) is 0 Å². The summed E-state index contributed by atoms with van der Waals surface area (Å²) in [6, 6.07) is 71.3. The Labute approximate surface area is 354 Å². The van der Waals surface area contributed by atoms with Crippen LogP contribution in [0, 0.1) is 0 Å². The largest absolute Gasteiger partial charge is 0.309 e. The normalized spacial score (nSPS) is 19.0. The number of aromatic nitrogens is 1. The van der Waals surface area contributed by atoms with E-state index in [0.717, 1.165) is 32.6 Å². The molecule has 0 amide bonds. The van der Waals surface area contributed by atoms with Gasteiger partial charge in [-0.2, -0.15) is 0 Å². The van der Waals surface area contributed by atoms with Gasteiger partial charge >= 0.3 is 0 Å². The summed E-state index contributed by atoms with van der Waals surface area (Å²) >= 11 is 0. The molecule has 3 heterocycles. The van der Waals surface area contributed by atoms with Gasteiger partial charge in [-0.05, 0) is 114 Å². The Morgan fingerprint density at radius 1 is 0.410 bits per heavy atom. The lowest BCUT2D eigenvalue weighted by Crippen LogP contribution is -2.33. The maximum Gasteiger partial charge on any atom is 0.172 e. The van der Waals surface area contributed by atoms with Crippen molar-refractivity contribution in [3.05, 3.63) is 228 Å². The van der Waals surface area contributed by atoms with Crippen LogP contribution in [0.5, 0.6) is 0 Å². The summed E-state index contributed by atoms with van der Waals surface area (Å²) in [6.07, 6.45) is 0. The zero-order chi connectivity index (χ0) is 40.4. The van der Waals surface area contributed by atoms with Gasteiger partial charge in [0.2, 0.25) is 0 Å². The molecule has 2 aliphatic carbocycles. The van der Waals surface area contributed by atoms with Crippen molar-refractivity contribution in [2.24, 2.45) is 0 Å². The van der Waals surface area contributed by atoms with Crippen molar-refractivity contribution >= 4 is 44.9 Å². The van der Waals surface area contributed by atoms with Gasteiger partial charge in [0.1, 0.15) is 0 Å². The maximum atomic E-state index is 16.1. The smallest absolute Gasteiger partial charge is 0.172 e. The predicted molar refractivity (Wildman–Crippen MR) is 253 cm³/mol. The van der Waals surface area contributed by atoms with Crippen molar-refractivity contribution < 1.29 is 4.57 Å². The fraction of sp³-hybridized carbons (Fsp3) is 0.0690.